The number of carbonyl (C=O) groups is 1. The third kappa shape index (κ3) is 3.56. The third-order valence-corrected chi connectivity index (χ3v) is 6.33. The van der Waals surface area contributed by atoms with Crippen molar-refractivity contribution in [1.29, 1.82) is 0 Å². The van der Waals surface area contributed by atoms with Gasteiger partial charge in [-0.05, 0) is 47.3 Å². The van der Waals surface area contributed by atoms with Crippen molar-refractivity contribution in [3.05, 3.63) is 89.4 Å². The zero-order valence-corrected chi connectivity index (χ0v) is 18.6. The molecule has 5 rings (SSSR count). The van der Waals surface area contributed by atoms with Crippen LogP contribution in [0.25, 0.3) is 27.3 Å². The fraction of sp³-hybridized carbons (Fsp3) is 0.120. The second kappa shape index (κ2) is 8.36. The van der Waals surface area contributed by atoms with Gasteiger partial charge in [-0.2, -0.15) is 5.10 Å². The van der Waals surface area contributed by atoms with Gasteiger partial charge in [0.15, 0.2) is 0 Å². The summed E-state index contributed by atoms with van der Waals surface area (Å²) in [6, 6.07) is 23.6. The SMILES string of the molecule is COc1ccc(CNC(=O)c2cc3c(-c4cccs4)nn(-c4ccccc4)c3n2C)cc1. The van der Waals surface area contributed by atoms with Crippen molar-refractivity contribution in [2.75, 3.05) is 7.11 Å². The van der Waals surface area contributed by atoms with Crippen molar-refractivity contribution in [1.82, 2.24) is 19.7 Å². The quantitative estimate of drug-likeness (QED) is 0.401. The lowest BCUT2D eigenvalue weighted by atomic mass is 10.2. The summed E-state index contributed by atoms with van der Waals surface area (Å²) in [7, 11) is 3.54. The minimum atomic E-state index is -0.128. The number of nitrogens with one attached hydrogen (secondary N) is 1. The van der Waals surface area contributed by atoms with Crippen LogP contribution >= 0.6 is 11.3 Å². The molecule has 7 heteroatoms. The predicted octanol–water partition coefficient (Wildman–Crippen LogP) is 5.03. The summed E-state index contributed by atoms with van der Waals surface area (Å²) in [4.78, 5) is 14.2. The van der Waals surface area contributed by atoms with E-state index in [1.54, 1.807) is 18.4 Å². The molecular formula is C25H22N4O2S. The van der Waals surface area contributed by atoms with Gasteiger partial charge in [0, 0.05) is 19.0 Å². The lowest BCUT2D eigenvalue weighted by Gasteiger charge is -2.09. The summed E-state index contributed by atoms with van der Waals surface area (Å²) in [5.74, 6) is 0.664. The van der Waals surface area contributed by atoms with Crippen LogP contribution in [-0.4, -0.2) is 27.4 Å². The largest absolute Gasteiger partial charge is 0.497 e. The highest BCUT2D eigenvalue weighted by atomic mass is 32.1. The van der Waals surface area contributed by atoms with Crippen LogP contribution in [0, 0.1) is 0 Å². The minimum Gasteiger partial charge on any atom is -0.497 e. The first kappa shape index (κ1) is 20.1. The van der Waals surface area contributed by atoms with Crippen LogP contribution in [0.3, 0.4) is 0 Å². The summed E-state index contributed by atoms with van der Waals surface area (Å²) in [6.07, 6.45) is 0. The number of rotatable bonds is 6. The molecule has 0 aliphatic heterocycles. The fourth-order valence-corrected chi connectivity index (χ4v) is 4.53. The smallest absolute Gasteiger partial charge is 0.268 e. The average molecular weight is 443 g/mol. The van der Waals surface area contributed by atoms with Crippen molar-refractivity contribution in [3.8, 4) is 22.0 Å². The second-order valence-corrected chi connectivity index (χ2v) is 8.38. The molecule has 32 heavy (non-hydrogen) atoms. The zero-order valence-electron chi connectivity index (χ0n) is 17.8. The van der Waals surface area contributed by atoms with Crippen molar-refractivity contribution in [2.24, 2.45) is 7.05 Å². The molecule has 0 atom stereocenters. The number of methoxy groups -OCH3 is 1. The molecule has 160 valence electrons. The molecule has 0 unspecified atom stereocenters. The fourth-order valence-electron chi connectivity index (χ4n) is 3.80. The first-order chi connectivity index (χ1) is 15.7. The topological polar surface area (TPSA) is 61.1 Å². The van der Waals surface area contributed by atoms with Gasteiger partial charge < -0.3 is 14.6 Å². The molecule has 0 fully saturated rings. The molecule has 6 nitrogen and oxygen atoms in total. The van der Waals surface area contributed by atoms with E-state index in [0.717, 1.165) is 38.6 Å². The standard InChI is InChI=1S/C25H22N4O2S/c1-28-21(24(30)26-16-17-10-12-19(31-2)13-11-17)15-20-23(22-9-6-14-32-22)27-29(25(20)28)18-7-4-3-5-8-18/h3-15H,16H2,1-2H3,(H,26,30). The summed E-state index contributed by atoms with van der Waals surface area (Å²) in [5, 5.41) is 10.9. The Hall–Kier alpha value is -3.84. The van der Waals surface area contributed by atoms with Crippen LogP contribution < -0.4 is 10.1 Å². The maximum Gasteiger partial charge on any atom is 0.268 e. The van der Waals surface area contributed by atoms with E-state index in [4.69, 9.17) is 9.84 Å². The van der Waals surface area contributed by atoms with Crippen LogP contribution in [0.5, 0.6) is 5.75 Å². The van der Waals surface area contributed by atoms with Gasteiger partial charge in [-0.15, -0.1) is 11.3 Å². The highest BCUT2D eigenvalue weighted by molar-refractivity contribution is 7.13. The number of ether oxygens (including phenoxy) is 1. The number of fused-ring (bicyclic) bond motifs is 1. The normalized spacial score (nSPS) is 11.1. The van der Waals surface area contributed by atoms with Gasteiger partial charge in [0.1, 0.15) is 22.8 Å². The van der Waals surface area contributed by atoms with E-state index in [1.165, 1.54) is 0 Å². The van der Waals surface area contributed by atoms with Crippen LogP contribution in [-0.2, 0) is 13.6 Å². The molecule has 0 saturated heterocycles. The lowest BCUT2D eigenvalue weighted by Crippen LogP contribution is -2.25. The van der Waals surface area contributed by atoms with Crippen molar-refractivity contribution in [2.45, 2.75) is 6.54 Å². The minimum absolute atomic E-state index is 0.128. The van der Waals surface area contributed by atoms with Gasteiger partial charge in [0.2, 0.25) is 0 Å². The number of carbonyl (C=O) groups excluding carboxylic acids is 1. The number of aryl methyl sites for hydroxylation is 1. The van der Waals surface area contributed by atoms with E-state index in [-0.39, 0.29) is 5.91 Å². The first-order valence-corrected chi connectivity index (χ1v) is 11.1. The zero-order chi connectivity index (χ0) is 22.1. The molecule has 0 spiro atoms. The van der Waals surface area contributed by atoms with Crippen LogP contribution in [0.1, 0.15) is 16.1 Å². The summed E-state index contributed by atoms with van der Waals surface area (Å²) >= 11 is 1.64. The van der Waals surface area contributed by atoms with E-state index in [9.17, 15) is 4.79 Å². The molecule has 3 aromatic heterocycles. The van der Waals surface area contributed by atoms with Gasteiger partial charge in [-0.3, -0.25) is 4.79 Å². The Morgan fingerprint density at radius 1 is 1.06 bits per heavy atom. The Labute approximate surface area is 189 Å². The molecule has 0 radical (unpaired) electrons. The molecule has 1 N–H and O–H groups in total. The summed E-state index contributed by atoms with van der Waals surface area (Å²) in [5.41, 5.74) is 4.31. The Morgan fingerprint density at radius 2 is 1.84 bits per heavy atom. The number of nitrogens with zero attached hydrogens (tertiary/aromatic N) is 3. The average Bonchev–Trinajstić information content (AvgIpc) is 3.56. The van der Waals surface area contributed by atoms with Gasteiger partial charge in [-0.1, -0.05) is 36.4 Å². The van der Waals surface area contributed by atoms with Gasteiger partial charge in [0.25, 0.3) is 5.91 Å². The lowest BCUT2D eigenvalue weighted by molar-refractivity contribution is 0.0943. The van der Waals surface area contributed by atoms with Gasteiger partial charge in [0.05, 0.1) is 17.7 Å². The number of benzene rings is 2. The molecule has 5 aromatic rings. The monoisotopic (exact) mass is 442 g/mol. The summed E-state index contributed by atoms with van der Waals surface area (Å²) < 4.78 is 9.02. The van der Waals surface area contributed by atoms with Crippen LogP contribution in [0.4, 0.5) is 0 Å². The third-order valence-electron chi connectivity index (χ3n) is 5.46. The second-order valence-electron chi connectivity index (χ2n) is 7.43. The Balaban J connectivity index is 1.52. The molecule has 0 saturated carbocycles. The van der Waals surface area contributed by atoms with E-state index in [2.05, 4.69) is 11.4 Å². The first-order valence-electron chi connectivity index (χ1n) is 10.2. The highest BCUT2D eigenvalue weighted by Crippen LogP contribution is 2.34. The van der Waals surface area contributed by atoms with E-state index < -0.39 is 0 Å². The number of aromatic nitrogens is 3. The van der Waals surface area contributed by atoms with E-state index in [1.807, 2.05) is 88.4 Å². The Kier molecular flexibility index (Phi) is 5.25. The maximum atomic E-state index is 13.1. The molecule has 0 aliphatic carbocycles. The number of amides is 1. The molecular weight excluding hydrogens is 420 g/mol. The van der Waals surface area contributed by atoms with E-state index in [0.29, 0.717) is 12.2 Å². The van der Waals surface area contributed by atoms with Crippen molar-refractivity contribution in [3.63, 3.8) is 0 Å². The molecule has 2 aromatic carbocycles. The number of para-hydroxylation sites is 1. The van der Waals surface area contributed by atoms with Crippen molar-refractivity contribution >= 4 is 28.3 Å². The van der Waals surface area contributed by atoms with Crippen LogP contribution in [0.15, 0.2) is 78.2 Å². The molecule has 0 aliphatic rings. The highest BCUT2D eigenvalue weighted by Gasteiger charge is 2.22. The van der Waals surface area contributed by atoms with E-state index >= 15 is 0 Å². The van der Waals surface area contributed by atoms with Gasteiger partial charge >= 0.3 is 0 Å². The number of hydrogen-bond acceptors (Lipinski definition) is 4. The summed E-state index contributed by atoms with van der Waals surface area (Å²) in [6.45, 7) is 0.437. The van der Waals surface area contributed by atoms with Crippen LogP contribution in [0.2, 0.25) is 0 Å². The molecule has 1 amide bonds. The van der Waals surface area contributed by atoms with Crippen molar-refractivity contribution < 1.29 is 9.53 Å². The number of hydrogen-bond donors (Lipinski definition) is 1. The van der Waals surface area contributed by atoms with Gasteiger partial charge in [-0.25, -0.2) is 4.68 Å². The molecule has 0 bridgehead atoms. The Bertz CT molecular complexity index is 1370. The Morgan fingerprint density at radius 3 is 2.53 bits per heavy atom. The maximum absolute atomic E-state index is 13.1. The predicted molar refractivity (Wildman–Crippen MR) is 128 cm³/mol. The molecule has 3 heterocycles. The number of thiophene rings is 1.